The van der Waals surface area contributed by atoms with E-state index in [9.17, 15) is 8.78 Å². The molecule has 1 aromatic heterocycles. The Bertz CT molecular complexity index is 794. The highest BCUT2D eigenvalue weighted by Crippen LogP contribution is 2.31. The van der Waals surface area contributed by atoms with Gasteiger partial charge in [-0.05, 0) is 30.5 Å². The van der Waals surface area contributed by atoms with Crippen molar-refractivity contribution in [1.82, 2.24) is 20.4 Å². The number of guanidine groups is 1. The van der Waals surface area contributed by atoms with Crippen LogP contribution in [-0.2, 0) is 13.5 Å². The highest BCUT2D eigenvalue weighted by atomic mass is 19.3. The van der Waals surface area contributed by atoms with Crippen LogP contribution in [0.25, 0.3) is 0 Å². The fourth-order valence-electron chi connectivity index (χ4n) is 3.33. The zero-order valence-electron chi connectivity index (χ0n) is 16.1. The fourth-order valence-corrected chi connectivity index (χ4v) is 3.33. The largest absolute Gasteiger partial charge is 0.433 e. The van der Waals surface area contributed by atoms with Crippen LogP contribution in [-0.4, -0.2) is 55.1 Å². The molecule has 0 saturated carbocycles. The molecule has 0 radical (unpaired) electrons. The number of nitrogens with zero attached hydrogens (tertiary/aromatic N) is 4. The summed E-state index contributed by atoms with van der Waals surface area (Å²) < 4.78 is 31.7. The number of hydrogen-bond donors (Lipinski definition) is 2. The maximum Gasteiger partial charge on any atom is 0.387 e. The molecular weight excluding hydrogens is 366 g/mol. The van der Waals surface area contributed by atoms with Crippen molar-refractivity contribution in [1.29, 1.82) is 0 Å². The molecule has 1 aromatic carbocycles. The van der Waals surface area contributed by atoms with E-state index >= 15 is 0 Å². The van der Waals surface area contributed by atoms with Gasteiger partial charge < -0.3 is 20.3 Å². The molecule has 0 amide bonds. The Kier molecular flexibility index (Phi) is 6.67. The van der Waals surface area contributed by atoms with Crippen LogP contribution in [0.1, 0.15) is 12.0 Å². The second-order valence-corrected chi connectivity index (χ2v) is 6.69. The number of hydrogen-bond acceptors (Lipinski definition) is 4. The molecule has 2 aromatic rings. The minimum Gasteiger partial charge on any atom is -0.433 e. The number of anilines is 1. The molecule has 28 heavy (non-hydrogen) atoms. The molecule has 3 rings (SSSR count). The molecule has 0 aliphatic carbocycles. The number of rotatable bonds is 7. The average Bonchev–Trinajstić information content (AvgIpc) is 3.30. The van der Waals surface area contributed by atoms with E-state index in [1.807, 2.05) is 25.5 Å². The van der Waals surface area contributed by atoms with Crippen molar-refractivity contribution in [2.45, 2.75) is 25.5 Å². The van der Waals surface area contributed by atoms with Gasteiger partial charge in [0.05, 0.1) is 11.9 Å². The Morgan fingerprint density at radius 3 is 2.93 bits per heavy atom. The molecule has 1 fully saturated rings. The molecule has 7 nitrogen and oxygen atoms in total. The third-order valence-corrected chi connectivity index (χ3v) is 4.64. The lowest BCUT2D eigenvalue weighted by atomic mass is 10.2. The average molecular weight is 392 g/mol. The first-order valence-electron chi connectivity index (χ1n) is 9.28. The van der Waals surface area contributed by atoms with Gasteiger partial charge in [-0.25, -0.2) is 0 Å². The third-order valence-electron chi connectivity index (χ3n) is 4.64. The maximum absolute atomic E-state index is 12.6. The Morgan fingerprint density at radius 2 is 2.21 bits per heavy atom. The lowest BCUT2D eigenvalue weighted by molar-refractivity contribution is -0.0495. The van der Waals surface area contributed by atoms with Crippen molar-refractivity contribution < 1.29 is 13.5 Å². The molecule has 1 atom stereocenters. The molecule has 1 aliphatic heterocycles. The summed E-state index contributed by atoms with van der Waals surface area (Å²) in [6.45, 7) is -0.645. The van der Waals surface area contributed by atoms with Crippen molar-refractivity contribution in [2.75, 3.05) is 31.6 Å². The molecule has 2 heterocycles. The summed E-state index contributed by atoms with van der Waals surface area (Å²) in [6, 6.07) is 7.07. The van der Waals surface area contributed by atoms with E-state index in [1.54, 1.807) is 29.9 Å². The SMILES string of the molecule is CN=C(NCCc1cnn(C)c1)NC1CCN(c2ccccc2OC(F)F)C1. The van der Waals surface area contributed by atoms with Crippen molar-refractivity contribution in [2.24, 2.45) is 12.0 Å². The predicted octanol–water partition coefficient (Wildman–Crippen LogP) is 2.01. The van der Waals surface area contributed by atoms with Gasteiger partial charge in [0.15, 0.2) is 5.96 Å². The first-order valence-corrected chi connectivity index (χ1v) is 9.28. The van der Waals surface area contributed by atoms with Crippen LogP contribution in [0.5, 0.6) is 5.75 Å². The number of ether oxygens (including phenoxy) is 1. The number of aryl methyl sites for hydroxylation is 1. The molecule has 9 heteroatoms. The number of benzene rings is 1. The number of halogens is 2. The quantitative estimate of drug-likeness (QED) is 0.557. The Labute approximate surface area is 163 Å². The Hall–Kier alpha value is -2.84. The van der Waals surface area contributed by atoms with Crippen LogP contribution in [0.2, 0.25) is 0 Å². The van der Waals surface area contributed by atoms with Crippen molar-refractivity contribution in [3.8, 4) is 5.75 Å². The van der Waals surface area contributed by atoms with E-state index in [-0.39, 0.29) is 11.8 Å². The van der Waals surface area contributed by atoms with E-state index in [1.165, 1.54) is 0 Å². The third kappa shape index (κ3) is 5.34. The zero-order chi connectivity index (χ0) is 19.9. The summed E-state index contributed by atoms with van der Waals surface area (Å²) in [6.07, 6.45) is 5.58. The van der Waals surface area contributed by atoms with Crippen LogP contribution in [0, 0.1) is 0 Å². The number of aliphatic imine (C=N–C) groups is 1. The molecule has 152 valence electrons. The molecule has 0 spiro atoms. The summed E-state index contributed by atoms with van der Waals surface area (Å²) in [4.78, 5) is 6.33. The Balaban J connectivity index is 1.50. The second-order valence-electron chi connectivity index (χ2n) is 6.69. The lowest BCUT2D eigenvalue weighted by Gasteiger charge is -2.22. The van der Waals surface area contributed by atoms with E-state index in [2.05, 4.69) is 30.4 Å². The van der Waals surface area contributed by atoms with Gasteiger partial charge >= 0.3 is 6.61 Å². The second kappa shape index (κ2) is 9.38. The fraction of sp³-hybridized carbons (Fsp3) is 0.474. The summed E-state index contributed by atoms with van der Waals surface area (Å²) in [5.41, 5.74) is 1.85. The number of alkyl halides is 2. The van der Waals surface area contributed by atoms with Gasteiger partial charge in [0.25, 0.3) is 0 Å². The van der Waals surface area contributed by atoms with E-state index in [0.29, 0.717) is 12.2 Å². The van der Waals surface area contributed by atoms with Gasteiger partial charge in [-0.1, -0.05) is 12.1 Å². The molecule has 1 aliphatic rings. The minimum atomic E-state index is -2.83. The van der Waals surface area contributed by atoms with E-state index in [4.69, 9.17) is 0 Å². The van der Waals surface area contributed by atoms with Gasteiger partial charge in [-0.3, -0.25) is 9.67 Å². The summed E-state index contributed by atoms with van der Waals surface area (Å²) in [5.74, 6) is 0.935. The van der Waals surface area contributed by atoms with Gasteiger partial charge in [0.2, 0.25) is 0 Å². The van der Waals surface area contributed by atoms with Crippen molar-refractivity contribution >= 4 is 11.6 Å². The van der Waals surface area contributed by atoms with Crippen LogP contribution < -0.4 is 20.3 Å². The van der Waals surface area contributed by atoms with E-state index in [0.717, 1.165) is 37.5 Å². The van der Waals surface area contributed by atoms with Crippen LogP contribution in [0.3, 0.4) is 0 Å². The topological polar surface area (TPSA) is 66.7 Å². The van der Waals surface area contributed by atoms with Gasteiger partial charge in [-0.2, -0.15) is 13.9 Å². The van der Waals surface area contributed by atoms with E-state index < -0.39 is 6.61 Å². The molecular formula is C19H26F2N6O. The van der Waals surface area contributed by atoms with Gasteiger partial charge in [-0.15, -0.1) is 0 Å². The predicted molar refractivity (Wildman–Crippen MR) is 105 cm³/mol. The number of aromatic nitrogens is 2. The van der Waals surface area contributed by atoms with Crippen LogP contribution in [0.15, 0.2) is 41.7 Å². The number of para-hydroxylation sites is 2. The van der Waals surface area contributed by atoms with Crippen molar-refractivity contribution in [3.05, 3.63) is 42.2 Å². The lowest BCUT2D eigenvalue weighted by Crippen LogP contribution is -2.45. The normalized spacial score (nSPS) is 17.2. The summed E-state index contributed by atoms with van der Waals surface area (Å²) >= 11 is 0. The molecule has 1 unspecified atom stereocenters. The van der Waals surface area contributed by atoms with Crippen LogP contribution >= 0.6 is 0 Å². The summed E-state index contributed by atoms with van der Waals surface area (Å²) in [5, 5.41) is 10.9. The van der Waals surface area contributed by atoms with Crippen LogP contribution in [0.4, 0.5) is 14.5 Å². The first-order chi connectivity index (χ1) is 13.5. The highest BCUT2D eigenvalue weighted by molar-refractivity contribution is 5.80. The molecule has 0 bridgehead atoms. The zero-order valence-corrected chi connectivity index (χ0v) is 16.1. The number of nitrogens with one attached hydrogen (secondary N) is 2. The monoisotopic (exact) mass is 392 g/mol. The smallest absolute Gasteiger partial charge is 0.387 e. The highest BCUT2D eigenvalue weighted by Gasteiger charge is 2.26. The van der Waals surface area contributed by atoms with Crippen molar-refractivity contribution in [3.63, 3.8) is 0 Å². The maximum atomic E-state index is 12.6. The summed E-state index contributed by atoms with van der Waals surface area (Å²) in [7, 11) is 3.63. The standard InChI is InChI=1S/C19H26F2N6O/c1-22-19(23-9-7-14-11-24-26(2)12-14)25-15-8-10-27(13-15)16-5-3-4-6-17(16)28-18(20)21/h3-6,11-12,15,18H,7-10,13H2,1-2H3,(H2,22,23,25). The first kappa shape index (κ1) is 19.9. The molecule has 1 saturated heterocycles. The Morgan fingerprint density at radius 1 is 1.39 bits per heavy atom. The van der Waals surface area contributed by atoms with Gasteiger partial charge in [0, 0.05) is 46.0 Å². The minimum absolute atomic E-state index is 0.171. The van der Waals surface area contributed by atoms with Gasteiger partial charge in [0.1, 0.15) is 5.75 Å². The molecule has 2 N–H and O–H groups in total.